The number of anilines is 1. The monoisotopic (exact) mass is 293 g/mol. The Labute approximate surface area is 120 Å². The minimum atomic E-state index is -1.30. The van der Waals surface area contributed by atoms with Gasteiger partial charge >= 0.3 is 17.9 Å². The van der Waals surface area contributed by atoms with Crippen molar-refractivity contribution < 1.29 is 29.3 Å². The van der Waals surface area contributed by atoms with Gasteiger partial charge in [0.05, 0.1) is 23.4 Å². The zero-order valence-electron chi connectivity index (χ0n) is 11.2. The van der Waals surface area contributed by atoms with Crippen LogP contribution in [0, 0.1) is 0 Å². The maximum atomic E-state index is 11.2. The van der Waals surface area contributed by atoms with Gasteiger partial charge in [-0.05, 0) is 24.5 Å². The van der Waals surface area contributed by atoms with Gasteiger partial charge in [-0.25, -0.2) is 14.4 Å². The molecular weight excluding hydrogens is 278 g/mol. The minimum Gasteiger partial charge on any atom is -0.478 e. The van der Waals surface area contributed by atoms with Crippen molar-refractivity contribution in [2.45, 2.75) is 12.8 Å². The number of esters is 1. The second-order valence-electron chi connectivity index (χ2n) is 4.15. The number of aryl methyl sites for hydroxylation is 1. The van der Waals surface area contributed by atoms with Crippen molar-refractivity contribution in [1.29, 1.82) is 0 Å². The highest BCUT2D eigenvalue weighted by Gasteiger charge is 2.20. The second-order valence-corrected chi connectivity index (χ2v) is 4.15. The molecule has 0 heterocycles. The Hall–Kier alpha value is -2.83. The van der Waals surface area contributed by atoms with E-state index < -0.39 is 17.9 Å². The predicted octanol–water partition coefficient (Wildman–Crippen LogP) is 1.33. The summed E-state index contributed by atoms with van der Waals surface area (Å²) >= 11 is 0. The Bertz CT molecular complexity index is 593. The van der Waals surface area contributed by atoms with Crippen LogP contribution in [0.4, 0.5) is 5.69 Å². The molecule has 112 valence electrons. The zero-order valence-corrected chi connectivity index (χ0v) is 11.2. The van der Waals surface area contributed by atoms with Crippen LogP contribution >= 0.6 is 0 Å². The maximum absolute atomic E-state index is 11.2. The molecule has 7 heteroatoms. The molecule has 0 aliphatic carbocycles. The van der Waals surface area contributed by atoms with Gasteiger partial charge < -0.3 is 20.7 Å². The summed E-state index contributed by atoms with van der Waals surface area (Å²) in [5, 5.41) is 18.1. The molecule has 0 saturated heterocycles. The fraction of sp³-hybridized carbons (Fsp3) is 0.214. The molecule has 0 aromatic heterocycles. The van der Waals surface area contributed by atoms with Gasteiger partial charge in [0, 0.05) is 6.08 Å². The molecular formula is C14H15NO6. The highest BCUT2D eigenvalue weighted by molar-refractivity contribution is 6.03. The first-order chi connectivity index (χ1) is 9.88. The summed E-state index contributed by atoms with van der Waals surface area (Å²) in [4.78, 5) is 33.0. The molecule has 0 atom stereocenters. The average molecular weight is 293 g/mol. The topological polar surface area (TPSA) is 127 Å². The highest BCUT2D eigenvalue weighted by atomic mass is 16.5. The number of carbonyl (C=O) groups is 3. The third-order valence-corrected chi connectivity index (χ3v) is 2.78. The van der Waals surface area contributed by atoms with Crippen LogP contribution in [-0.2, 0) is 16.0 Å². The van der Waals surface area contributed by atoms with Gasteiger partial charge in [0.1, 0.15) is 0 Å². The Morgan fingerprint density at radius 2 is 1.90 bits per heavy atom. The molecule has 0 aliphatic rings. The van der Waals surface area contributed by atoms with E-state index in [0.717, 1.165) is 6.08 Å². The van der Waals surface area contributed by atoms with Crippen molar-refractivity contribution in [2.75, 3.05) is 12.3 Å². The van der Waals surface area contributed by atoms with Crippen LogP contribution in [0.2, 0.25) is 0 Å². The number of nitrogens with two attached hydrogens (primary N) is 1. The van der Waals surface area contributed by atoms with E-state index in [0.29, 0.717) is 12.0 Å². The molecule has 21 heavy (non-hydrogen) atoms. The summed E-state index contributed by atoms with van der Waals surface area (Å²) < 4.78 is 4.78. The van der Waals surface area contributed by atoms with Gasteiger partial charge in [-0.2, -0.15) is 0 Å². The average Bonchev–Trinajstić information content (AvgIpc) is 2.42. The van der Waals surface area contributed by atoms with E-state index in [2.05, 4.69) is 6.58 Å². The third kappa shape index (κ3) is 4.07. The highest BCUT2D eigenvalue weighted by Crippen LogP contribution is 2.23. The number of carbonyl (C=O) groups excluding carboxylic acids is 1. The van der Waals surface area contributed by atoms with E-state index in [-0.39, 0.29) is 29.8 Å². The summed E-state index contributed by atoms with van der Waals surface area (Å²) in [5.74, 6) is -3.15. The smallest absolute Gasteiger partial charge is 0.338 e. The van der Waals surface area contributed by atoms with E-state index in [9.17, 15) is 14.4 Å². The largest absolute Gasteiger partial charge is 0.478 e. The molecule has 0 amide bonds. The molecule has 0 unspecified atom stereocenters. The van der Waals surface area contributed by atoms with E-state index in [1.165, 1.54) is 12.1 Å². The van der Waals surface area contributed by atoms with Gasteiger partial charge in [0.25, 0.3) is 0 Å². The first-order valence-electron chi connectivity index (χ1n) is 6.05. The number of hydrogen-bond acceptors (Lipinski definition) is 5. The van der Waals surface area contributed by atoms with Crippen LogP contribution in [0.25, 0.3) is 0 Å². The van der Waals surface area contributed by atoms with E-state index in [1.807, 2.05) is 0 Å². The lowest BCUT2D eigenvalue weighted by Gasteiger charge is -2.11. The number of rotatable bonds is 7. The van der Waals surface area contributed by atoms with Crippen molar-refractivity contribution in [3.63, 3.8) is 0 Å². The number of benzene rings is 1. The first kappa shape index (κ1) is 16.2. The van der Waals surface area contributed by atoms with Gasteiger partial charge in [0.2, 0.25) is 0 Å². The van der Waals surface area contributed by atoms with Gasteiger partial charge in [-0.3, -0.25) is 0 Å². The molecule has 1 rings (SSSR count). The SMILES string of the molecule is C=CC(=O)OCCCc1ccc(C(=O)O)c(N)c1C(=O)O. The van der Waals surface area contributed by atoms with Crippen molar-refractivity contribution in [3.8, 4) is 0 Å². The Morgan fingerprint density at radius 3 is 2.43 bits per heavy atom. The van der Waals surface area contributed by atoms with Crippen molar-refractivity contribution in [1.82, 2.24) is 0 Å². The van der Waals surface area contributed by atoms with E-state index >= 15 is 0 Å². The van der Waals surface area contributed by atoms with Crippen LogP contribution in [0.15, 0.2) is 24.8 Å². The summed E-state index contributed by atoms with van der Waals surface area (Å²) in [6.45, 7) is 3.35. The normalized spacial score (nSPS) is 9.90. The fourth-order valence-electron chi connectivity index (χ4n) is 1.81. The van der Waals surface area contributed by atoms with Crippen molar-refractivity contribution in [3.05, 3.63) is 41.5 Å². The number of carboxylic acids is 2. The maximum Gasteiger partial charge on any atom is 0.338 e. The summed E-state index contributed by atoms with van der Waals surface area (Å²) in [6.07, 6.45) is 1.70. The van der Waals surface area contributed by atoms with Crippen molar-refractivity contribution >= 4 is 23.6 Å². The van der Waals surface area contributed by atoms with Crippen LogP contribution in [0.5, 0.6) is 0 Å². The van der Waals surface area contributed by atoms with Gasteiger partial charge in [0.15, 0.2) is 0 Å². The summed E-state index contributed by atoms with van der Waals surface area (Å²) in [6, 6.07) is 2.66. The molecule has 0 fully saturated rings. The summed E-state index contributed by atoms with van der Waals surface area (Å²) in [5.41, 5.74) is 5.22. The van der Waals surface area contributed by atoms with Crippen LogP contribution in [0.3, 0.4) is 0 Å². The van der Waals surface area contributed by atoms with E-state index in [1.54, 1.807) is 0 Å². The number of nitrogen functional groups attached to an aromatic ring is 1. The molecule has 1 aromatic carbocycles. The van der Waals surface area contributed by atoms with Crippen LogP contribution in [-0.4, -0.2) is 34.7 Å². The van der Waals surface area contributed by atoms with Crippen molar-refractivity contribution in [2.24, 2.45) is 0 Å². The molecule has 7 nitrogen and oxygen atoms in total. The Balaban J connectivity index is 2.90. The van der Waals surface area contributed by atoms with Gasteiger partial charge in [-0.15, -0.1) is 0 Å². The lowest BCUT2D eigenvalue weighted by molar-refractivity contribution is -0.137. The lowest BCUT2D eigenvalue weighted by atomic mass is 9.97. The summed E-state index contributed by atoms with van der Waals surface area (Å²) in [7, 11) is 0. The molecule has 0 spiro atoms. The number of aromatic carboxylic acids is 2. The molecule has 0 bridgehead atoms. The minimum absolute atomic E-state index is 0.102. The molecule has 4 N–H and O–H groups in total. The predicted molar refractivity (Wildman–Crippen MR) is 74.3 cm³/mol. The fourth-order valence-corrected chi connectivity index (χ4v) is 1.81. The number of carboxylic acid groups (broad SMARTS) is 2. The quantitative estimate of drug-likeness (QED) is 0.299. The number of hydrogen-bond donors (Lipinski definition) is 3. The zero-order chi connectivity index (χ0) is 16.0. The molecule has 0 aliphatic heterocycles. The van der Waals surface area contributed by atoms with Gasteiger partial charge in [-0.1, -0.05) is 12.6 Å². The standard InChI is InChI=1S/C14H15NO6/c1-2-10(16)21-7-3-4-8-5-6-9(13(17)18)12(15)11(8)14(19)20/h2,5-6H,1,3-4,7,15H2,(H,17,18)(H,19,20). The second kappa shape index (κ2) is 7.09. The number of ether oxygens (including phenoxy) is 1. The molecule has 0 saturated carbocycles. The Kier molecular flexibility index (Phi) is 5.48. The van der Waals surface area contributed by atoms with Crippen LogP contribution in [0.1, 0.15) is 32.7 Å². The molecule has 0 radical (unpaired) electrons. The Morgan fingerprint density at radius 1 is 1.24 bits per heavy atom. The van der Waals surface area contributed by atoms with Crippen LogP contribution < -0.4 is 5.73 Å². The third-order valence-electron chi connectivity index (χ3n) is 2.78. The van der Waals surface area contributed by atoms with E-state index in [4.69, 9.17) is 20.7 Å². The lowest BCUT2D eigenvalue weighted by Crippen LogP contribution is -2.13. The first-order valence-corrected chi connectivity index (χ1v) is 6.05. The molecule has 1 aromatic rings.